The first-order valence-electron chi connectivity index (χ1n) is 8.12. The summed E-state index contributed by atoms with van der Waals surface area (Å²) in [5, 5.41) is 11.4. The monoisotopic (exact) mass is 372 g/mol. The molecule has 0 N–H and O–H groups in total. The number of amides is 1. The zero-order valence-electron chi connectivity index (χ0n) is 14.0. The minimum absolute atomic E-state index is 0.0403. The lowest BCUT2D eigenvalue weighted by Gasteiger charge is -2.28. The maximum atomic E-state index is 12.5. The van der Waals surface area contributed by atoms with E-state index in [9.17, 15) is 14.9 Å². The molecule has 0 bridgehead atoms. The van der Waals surface area contributed by atoms with Crippen LogP contribution in [0.25, 0.3) is 0 Å². The highest BCUT2D eigenvalue weighted by atomic mass is 35.5. The number of carbonyl (C=O) groups is 1. The first kappa shape index (κ1) is 17.9. The van der Waals surface area contributed by atoms with Gasteiger partial charge in [0.2, 0.25) is 5.75 Å². The molecule has 2 aromatic carbocycles. The fourth-order valence-corrected chi connectivity index (χ4v) is 2.89. The summed E-state index contributed by atoms with van der Waals surface area (Å²) in [5.41, 5.74) is 1.50. The minimum Gasteiger partial charge on any atom is -0.450 e. The summed E-state index contributed by atoms with van der Waals surface area (Å²) in [6, 6.07) is 10.7. The summed E-state index contributed by atoms with van der Waals surface area (Å²) in [6.07, 6.45) is 1.65. The van der Waals surface area contributed by atoms with E-state index in [0.717, 1.165) is 12.8 Å². The molecular formula is C19H17ClN2O4. The quantitative estimate of drug-likeness (QED) is 0.437. The van der Waals surface area contributed by atoms with Crippen LogP contribution in [0, 0.1) is 10.1 Å². The van der Waals surface area contributed by atoms with Crippen LogP contribution < -0.4 is 4.74 Å². The zero-order chi connectivity index (χ0) is 18.7. The number of nitrogens with zero attached hydrogens (tertiary/aromatic N) is 2. The SMILES string of the molecule is C=C1CCN(C(=O)c2ccc(Oc3ccc(Cl)cc3[N+](=O)[O-])cc2)CC1. The van der Waals surface area contributed by atoms with Gasteiger partial charge >= 0.3 is 5.69 Å². The van der Waals surface area contributed by atoms with Crippen molar-refractivity contribution in [3.63, 3.8) is 0 Å². The van der Waals surface area contributed by atoms with Gasteiger partial charge in [0.15, 0.2) is 0 Å². The number of nitro groups is 1. The van der Waals surface area contributed by atoms with Gasteiger partial charge < -0.3 is 9.64 Å². The van der Waals surface area contributed by atoms with Gasteiger partial charge in [-0.1, -0.05) is 23.8 Å². The molecule has 0 aromatic heterocycles. The highest BCUT2D eigenvalue weighted by Crippen LogP contribution is 2.33. The molecule has 0 spiro atoms. The number of benzene rings is 2. The van der Waals surface area contributed by atoms with Gasteiger partial charge in [-0.2, -0.15) is 0 Å². The Labute approximate surface area is 155 Å². The van der Waals surface area contributed by atoms with Crippen LogP contribution in [0.5, 0.6) is 11.5 Å². The molecule has 1 saturated heterocycles. The fraction of sp³-hybridized carbons (Fsp3) is 0.211. The van der Waals surface area contributed by atoms with E-state index in [0.29, 0.717) is 24.4 Å². The summed E-state index contributed by atoms with van der Waals surface area (Å²) < 4.78 is 5.58. The van der Waals surface area contributed by atoms with Crippen molar-refractivity contribution in [1.29, 1.82) is 0 Å². The second kappa shape index (κ2) is 7.58. The Morgan fingerprint density at radius 2 is 1.81 bits per heavy atom. The minimum atomic E-state index is -0.552. The number of nitro benzene ring substituents is 1. The second-order valence-corrected chi connectivity index (χ2v) is 6.47. The molecule has 1 heterocycles. The van der Waals surface area contributed by atoms with Gasteiger partial charge in [0.05, 0.1) is 4.92 Å². The second-order valence-electron chi connectivity index (χ2n) is 6.04. The first-order valence-corrected chi connectivity index (χ1v) is 8.49. The Kier molecular flexibility index (Phi) is 5.23. The summed E-state index contributed by atoms with van der Waals surface area (Å²) >= 11 is 5.79. The summed E-state index contributed by atoms with van der Waals surface area (Å²) in [6.45, 7) is 5.29. The number of ether oxygens (including phenoxy) is 1. The van der Waals surface area contributed by atoms with Crippen LogP contribution in [-0.4, -0.2) is 28.8 Å². The number of carbonyl (C=O) groups excluding carboxylic acids is 1. The molecule has 26 heavy (non-hydrogen) atoms. The van der Waals surface area contributed by atoms with E-state index in [1.165, 1.54) is 23.8 Å². The standard InChI is InChI=1S/C19H17ClN2O4/c1-13-8-10-21(11-9-13)19(23)14-2-5-16(6-3-14)26-18-7-4-15(20)12-17(18)22(24)25/h2-7,12H,1,8-11H2. The number of halogens is 1. The lowest BCUT2D eigenvalue weighted by atomic mass is 10.0. The number of hydrogen-bond donors (Lipinski definition) is 0. The van der Waals surface area contributed by atoms with Crippen LogP contribution in [0.3, 0.4) is 0 Å². The van der Waals surface area contributed by atoms with Crippen molar-refractivity contribution < 1.29 is 14.5 Å². The third-order valence-electron chi connectivity index (χ3n) is 4.20. The normalized spacial score (nSPS) is 14.2. The molecule has 1 fully saturated rings. The van der Waals surface area contributed by atoms with Gasteiger partial charge in [0.25, 0.3) is 5.91 Å². The summed E-state index contributed by atoms with van der Waals surface area (Å²) in [4.78, 5) is 24.9. The molecule has 134 valence electrons. The molecule has 0 radical (unpaired) electrons. The van der Waals surface area contributed by atoms with Gasteiger partial charge in [0, 0.05) is 29.7 Å². The molecule has 2 aromatic rings. The van der Waals surface area contributed by atoms with E-state index in [-0.39, 0.29) is 22.4 Å². The number of rotatable bonds is 4. The molecule has 3 rings (SSSR count). The van der Waals surface area contributed by atoms with Crippen LogP contribution in [-0.2, 0) is 0 Å². The van der Waals surface area contributed by atoms with Gasteiger partial charge in [-0.05, 0) is 49.2 Å². The average Bonchev–Trinajstić information content (AvgIpc) is 2.64. The third kappa shape index (κ3) is 4.03. The molecule has 6 nitrogen and oxygen atoms in total. The summed E-state index contributed by atoms with van der Waals surface area (Å²) in [5.74, 6) is 0.452. The largest absolute Gasteiger partial charge is 0.450 e. The average molecular weight is 373 g/mol. The maximum absolute atomic E-state index is 12.5. The molecular weight excluding hydrogens is 356 g/mol. The van der Waals surface area contributed by atoms with Crippen molar-refractivity contribution in [2.45, 2.75) is 12.8 Å². The fourth-order valence-electron chi connectivity index (χ4n) is 2.72. The number of likely N-dealkylation sites (tertiary alicyclic amines) is 1. The van der Waals surface area contributed by atoms with Crippen molar-refractivity contribution in [1.82, 2.24) is 4.90 Å². The molecule has 0 atom stereocenters. The highest BCUT2D eigenvalue weighted by molar-refractivity contribution is 6.30. The smallest absolute Gasteiger partial charge is 0.313 e. The van der Waals surface area contributed by atoms with E-state index in [1.54, 1.807) is 29.2 Å². The van der Waals surface area contributed by atoms with E-state index in [1.807, 2.05) is 0 Å². The van der Waals surface area contributed by atoms with Crippen LogP contribution in [0.2, 0.25) is 5.02 Å². The Hall–Kier alpha value is -2.86. The molecule has 1 amide bonds. The number of hydrogen-bond acceptors (Lipinski definition) is 4. The Morgan fingerprint density at radius 1 is 1.15 bits per heavy atom. The Balaban J connectivity index is 1.73. The van der Waals surface area contributed by atoms with E-state index in [4.69, 9.17) is 16.3 Å². The molecule has 1 aliphatic heterocycles. The lowest BCUT2D eigenvalue weighted by Crippen LogP contribution is -2.36. The van der Waals surface area contributed by atoms with Gasteiger partial charge in [0.1, 0.15) is 5.75 Å². The Bertz CT molecular complexity index is 854. The van der Waals surface area contributed by atoms with Crippen LogP contribution in [0.15, 0.2) is 54.6 Å². The molecule has 1 aliphatic rings. The lowest BCUT2D eigenvalue weighted by molar-refractivity contribution is -0.385. The van der Waals surface area contributed by atoms with Gasteiger partial charge in [-0.25, -0.2) is 0 Å². The van der Waals surface area contributed by atoms with Crippen LogP contribution in [0.1, 0.15) is 23.2 Å². The van der Waals surface area contributed by atoms with Crippen molar-refractivity contribution in [3.05, 3.63) is 75.3 Å². The van der Waals surface area contributed by atoms with Gasteiger partial charge in [-0.3, -0.25) is 14.9 Å². The van der Waals surface area contributed by atoms with E-state index < -0.39 is 4.92 Å². The van der Waals surface area contributed by atoms with Crippen LogP contribution >= 0.6 is 11.6 Å². The maximum Gasteiger partial charge on any atom is 0.313 e. The molecule has 0 aliphatic carbocycles. The number of piperidine rings is 1. The Morgan fingerprint density at radius 3 is 2.42 bits per heavy atom. The van der Waals surface area contributed by atoms with E-state index >= 15 is 0 Å². The van der Waals surface area contributed by atoms with Crippen molar-refractivity contribution in [2.75, 3.05) is 13.1 Å². The highest BCUT2D eigenvalue weighted by Gasteiger charge is 2.20. The molecule has 7 heteroatoms. The predicted molar refractivity (Wildman–Crippen MR) is 98.9 cm³/mol. The third-order valence-corrected chi connectivity index (χ3v) is 4.44. The van der Waals surface area contributed by atoms with Crippen molar-refractivity contribution in [3.8, 4) is 11.5 Å². The predicted octanol–water partition coefficient (Wildman–Crippen LogP) is 4.83. The first-order chi connectivity index (χ1) is 12.4. The van der Waals surface area contributed by atoms with E-state index in [2.05, 4.69) is 6.58 Å². The molecule has 0 saturated carbocycles. The van der Waals surface area contributed by atoms with Gasteiger partial charge in [-0.15, -0.1) is 0 Å². The van der Waals surface area contributed by atoms with Crippen molar-refractivity contribution in [2.24, 2.45) is 0 Å². The molecule has 0 unspecified atom stereocenters. The van der Waals surface area contributed by atoms with Crippen LogP contribution in [0.4, 0.5) is 5.69 Å². The van der Waals surface area contributed by atoms with Crippen molar-refractivity contribution >= 4 is 23.2 Å². The zero-order valence-corrected chi connectivity index (χ0v) is 14.7. The summed E-state index contributed by atoms with van der Waals surface area (Å²) in [7, 11) is 0. The topological polar surface area (TPSA) is 72.7 Å².